The summed E-state index contributed by atoms with van der Waals surface area (Å²) in [5, 5.41) is 5.20. The Labute approximate surface area is 226 Å². The molecule has 38 heavy (non-hydrogen) atoms. The second-order valence-corrected chi connectivity index (χ2v) is 10.5. The highest BCUT2D eigenvalue weighted by Crippen LogP contribution is 2.41. The lowest BCUT2D eigenvalue weighted by Crippen LogP contribution is -1.93. The van der Waals surface area contributed by atoms with Crippen LogP contribution in [0.2, 0.25) is 0 Å². The van der Waals surface area contributed by atoms with E-state index in [2.05, 4.69) is 137 Å². The third kappa shape index (κ3) is 4.31. The molecule has 0 bridgehead atoms. The number of hydrogen-bond donors (Lipinski definition) is 0. The number of fused-ring (bicyclic) bond motifs is 2. The molecule has 0 saturated heterocycles. The summed E-state index contributed by atoms with van der Waals surface area (Å²) in [5.74, 6) is 0. The van der Waals surface area contributed by atoms with Crippen molar-refractivity contribution in [3.63, 3.8) is 0 Å². The van der Waals surface area contributed by atoms with Gasteiger partial charge < -0.3 is 0 Å². The van der Waals surface area contributed by atoms with Crippen LogP contribution < -0.4 is 0 Å². The fourth-order valence-corrected chi connectivity index (χ4v) is 5.82. The molecular formula is C38H34. The first kappa shape index (κ1) is 24.2. The molecule has 0 nitrogen and oxygen atoms in total. The van der Waals surface area contributed by atoms with Gasteiger partial charge in [0.2, 0.25) is 0 Å². The van der Waals surface area contributed by atoms with Gasteiger partial charge >= 0.3 is 0 Å². The van der Waals surface area contributed by atoms with Gasteiger partial charge in [0.1, 0.15) is 0 Å². The number of hydrogen-bond acceptors (Lipinski definition) is 0. The molecule has 0 N–H and O–H groups in total. The minimum Gasteiger partial charge on any atom is -0.0614 e. The first-order valence-electron chi connectivity index (χ1n) is 13.8. The summed E-state index contributed by atoms with van der Waals surface area (Å²) in [6.07, 6.45) is 2.09. The zero-order valence-electron chi connectivity index (χ0n) is 22.8. The second-order valence-electron chi connectivity index (χ2n) is 10.5. The van der Waals surface area contributed by atoms with Gasteiger partial charge in [0.05, 0.1) is 0 Å². The topological polar surface area (TPSA) is 0 Å². The normalized spacial score (nSPS) is 11.4. The number of aryl methyl sites for hydroxylation is 4. The molecule has 0 radical (unpaired) electrons. The van der Waals surface area contributed by atoms with Crippen molar-refractivity contribution in [2.75, 3.05) is 0 Å². The van der Waals surface area contributed by atoms with E-state index >= 15 is 0 Å². The molecule has 0 saturated carbocycles. The summed E-state index contributed by atoms with van der Waals surface area (Å²) in [6, 6.07) is 40.9. The Hall–Kier alpha value is -4.16. The fraction of sp³-hybridized carbons (Fsp3) is 0.158. The van der Waals surface area contributed by atoms with Gasteiger partial charge in [0, 0.05) is 0 Å². The molecule has 6 rings (SSSR count). The molecule has 0 aliphatic carbocycles. The molecule has 0 heterocycles. The smallest absolute Gasteiger partial charge is 0.00670 e. The highest BCUT2D eigenvalue weighted by atomic mass is 14.2. The van der Waals surface area contributed by atoms with Crippen LogP contribution in [0.5, 0.6) is 0 Å². The Kier molecular flexibility index (Phi) is 6.34. The van der Waals surface area contributed by atoms with E-state index < -0.39 is 0 Å². The Balaban J connectivity index is 1.61. The largest absolute Gasteiger partial charge is 0.0614 e. The van der Waals surface area contributed by atoms with Gasteiger partial charge in [-0.15, -0.1) is 0 Å². The van der Waals surface area contributed by atoms with Crippen molar-refractivity contribution >= 4 is 21.5 Å². The maximum atomic E-state index is 2.40. The maximum absolute atomic E-state index is 2.40. The monoisotopic (exact) mass is 490 g/mol. The van der Waals surface area contributed by atoms with Crippen LogP contribution in [0.3, 0.4) is 0 Å². The predicted molar refractivity (Wildman–Crippen MR) is 166 cm³/mol. The van der Waals surface area contributed by atoms with Gasteiger partial charge in [-0.25, -0.2) is 0 Å². The third-order valence-corrected chi connectivity index (χ3v) is 8.05. The van der Waals surface area contributed by atoms with Gasteiger partial charge in [-0.3, -0.25) is 0 Å². The van der Waals surface area contributed by atoms with E-state index in [1.165, 1.54) is 77.2 Å². The van der Waals surface area contributed by atoms with Crippen LogP contribution in [0.1, 0.15) is 36.1 Å². The first-order valence-corrected chi connectivity index (χ1v) is 13.8. The summed E-state index contributed by atoms with van der Waals surface area (Å²) >= 11 is 0. The summed E-state index contributed by atoms with van der Waals surface area (Å²) in [6.45, 7) is 8.95. The van der Waals surface area contributed by atoms with E-state index in [1.54, 1.807) is 0 Å². The summed E-state index contributed by atoms with van der Waals surface area (Å²) in [5.41, 5.74) is 13.2. The van der Waals surface area contributed by atoms with Gasteiger partial charge in [-0.2, -0.15) is 0 Å². The van der Waals surface area contributed by atoms with Crippen molar-refractivity contribution in [1.82, 2.24) is 0 Å². The van der Waals surface area contributed by atoms with E-state index in [0.717, 1.165) is 12.8 Å². The van der Waals surface area contributed by atoms with E-state index in [9.17, 15) is 0 Å². The van der Waals surface area contributed by atoms with E-state index in [4.69, 9.17) is 0 Å². The van der Waals surface area contributed by atoms with Gasteiger partial charge in [0.25, 0.3) is 0 Å². The standard InChI is InChI=1S/C38H34/c1-5-27-9-7-11-31(21-27)33-19-17-29-15-13-25(3)37(35(29)23-33)38-26(4)14-16-30-18-20-34(24-36(30)38)32-12-8-10-28(6-2)22-32/h7-24H,5-6H2,1-4H3. The maximum Gasteiger partial charge on any atom is -0.00670 e. The highest BCUT2D eigenvalue weighted by molar-refractivity contribution is 6.09. The Morgan fingerprint density at radius 1 is 0.421 bits per heavy atom. The molecule has 0 aliphatic heterocycles. The highest BCUT2D eigenvalue weighted by Gasteiger charge is 2.15. The lowest BCUT2D eigenvalue weighted by atomic mass is 9.86. The lowest BCUT2D eigenvalue weighted by Gasteiger charge is -2.18. The molecule has 0 fully saturated rings. The SMILES string of the molecule is CCc1cccc(-c2ccc3ccc(C)c(-c4c(C)ccc5ccc(-c6cccc(CC)c6)cc45)c3c2)c1. The molecule has 0 amide bonds. The van der Waals surface area contributed by atoms with E-state index in [0.29, 0.717) is 0 Å². The van der Waals surface area contributed by atoms with Gasteiger partial charge in [0.15, 0.2) is 0 Å². The summed E-state index contributed by atoms with van der Waals surface area (Å²) in [7, 11) is 0. The van der Waals surface area contributed by atoms with Gasteiger partial charge in [-0.05, 0) is 116 Å². The quantitative estimate of drug-likeness (QED) is 0.225. The number of benzene rings is 6. The Morgan fingerprint density at radius 2 is 0.816 bits per heavy atom. The average Bonchev–Trinajstić information content (AvgIpc) is 2.97. The van der Waals surface area contributed by atoms with Crippen LogP contribution in [0.15, 0.2) is 109 Å². The Bertz CT molecular complexity index is 1670. The molecule has 186 valence electrons. The van der Waals surface area contributed by atoms with Crippen molar-refractivity contribution in [3.05, 3.63) is 131 Å². The molecule has 6 aromatic carbocycles. The van der Waals surface area contributed by atoms with E-state index in [1.807, 2.05) is 0 Å². The lowest BCUT2D eigenvalue weighted by molar-refractivity contribution is 1.14. The predicted octanol–water partition coefficient (Wildman–Crippen LogP) is 10.7. The van der Waals surface area contributed by atoms with Crippen molar-refractivity contribution in [1.29, 1.82) is 0 Å². The van der Waals surface area contributed by atoms with Crippen LogP contribution >= 0.6 is 0 Å². The van der Waals surface area contributed by atoms with Gasteiger partial charge in [-0.1, -0.05) is 111 Å². The molecule has 0 heteroatoms. The second kappa shape index (κ2) is 9.95. The molecule has 0 aliphatic rings. The molecule has 0 atom stereocenters. The van der Waals surface area contributed by atoms with Crippen LogP contribution in [0, 0.1) is 13.8 Å². The molecule has 0 unspecified atom stereocenters. The van der Waals surface area contributed by atoms with Crippen LogP contribution in [-0.4, -0.2) is 0 Å². The third-order valence-electron chi connectivity index (χ3n) is 8.05. The molecule has 0 spiro atoms. The van der Waals surface area contributed by atoms with Crippen molar-refractivity contribution in [2.45, 2.75) is 40.5 Å². The minimum absolute atomic E-state index is 1.05. The molecular weight excluding hydrogens is 456 g/mol. The fourth-order valence-electron chi connectivity index (χ4n) is 5.82. The zero-order valence-corrected chi connectivity index (χ0v) is 22.8. The molecule has 6 aromatic rings. The van der Waals surface area contributed by atoms with Crippen LogP contribution in [0.25, 0.3) is 54.9 Å². The van der Waals surface area contributed by atoms with Crippen molar-refractivity contribution in [2.24, 2.45) is 0 Å². The first-order chi connectivity index (χ1) is 18.6. The van der Waals surface area contributed by atoms with Crippen LogP contribution in [-0.2, 0) is 12.8 Å². The van der Waals surface area contributed by atoms with Crippen LogP contribution in [0.4, 0.5) is 0 Å². The molecule has 0 aromatic heterocycles. The zero-order chi connectivity index (χ0) is 26.2. The minimum atomic E-state index is 1.05. The van der Waals surface area contributed by atoms with E-state index in [-0.39, 0.29) is 0 Å². The number of rotatable bonds is 5. The van der Waals surface area contributed by atoms with Crippen molar-refractivity contribution < 1.29 is 0 Å². The van der Waals surface area contributed by atoms with Crippen molar-refractivity contribution in [3.8, 4) is 33.4 Å². The summed E-state index contributed by atoms with van der Waals surface area (Å²) in [4.78, 5) is 0. The summed E-state index contributed by atoms with van der Waals surface area (Å²) < 4.78 is 0. The average molecular weight is 491 g/mol. The Morgan fingerprint density at radius 3 is 1.24 bits per heavy atom.